The van der Waals surface area contributed by atoms with E-state index in [1.54, 1.807) is 0 Å². The number of anilines is 1. The molecule has 1 atom stereocenters. The average molecular weight is 325 g/mol. The molecule has 124 valence electrons. The summed E-state index contributed by atoms with van der Waals surface area (Å²) in [5, 5.41) is 15.6. The fraction of sp³-hybridized carbons (Fsp3) is 0.353. The maximum Gasteiger partial charge on any atom is 0.315 e. The first-order chi connectivity index (χ1) is 11.8. The summed E-state index contributed by atoms with van der Waals surface area (Å²) in [7, 11) is 0. The molecule has 1 aromatic carbocycles. The van der Waals surface area contributed by atoms with Gasteiger partial charge in [0.15, 0.2) is 6.10 Å². The molecule has 0 saturated carbocycles. The minimum Gasteiger partial charge on any atom is -0.480 e. The minimum absolute atomic E-state index is 0.210. The van der Waals surface area contributed by atoms with E-state index in [-0.39, 0.29) is 6.10 Å². The number of fused-ring (bicyclic) bond motifs is 1. The Balaban J connectivity index is 1.37. The van der Waals surface area contributed by atoms with Gasteiger partial charge in [-0.25, -0.2) is 0 Å². The van der Waals surface area contributed by atoms with Gasteiger partial charge in [0.1, 0.15) is 5.75 Å². The van der Waals surface area contributed by atoms with Crippen LogP contribution in [0.2, 0.25) is 0 Å². The maximum atomic E-state index is 5.86. The van der Waals surface area contributed by atoms with E-state index < -0.39 is 0 Å². The molecular formula is C17H19N5O2. The molecule has 0 spiro atoms. The number of nitrogens with zero attached hydrogens (tertiary/aromatic N) is 4. The Hall–Kier alpha value is -2.83. The Morgan fingerprint density at radius 2 is 2.21 bits per heavy atom. The molecule has 0 aliphatic carbocycles. The molecule has 0 saturated heterocycles. The van der Waals surface area contributed by atoms with E-state index in [1.807, 2.05) is 35.3 Å². The highest BCUT2D eigenvalue weighted by molar-refractivity contribution is 5.38. The molecule has 7 heteroatoms. The first-order valence-corrected chi connectivity index (χ1v) is 8.15. The van der Waals surface area contributed by atoms with Crippen molar-refractivity contribution in [3.05, 3.63) is 53.7 Å². The fourth-order valence-electron chi connectivity index (χ4n) is 2.78. The number of aromatic nitrogens is 4. The number of para-hydroxylation sites is 1. The van der Waals surface area contributed by atoms with Gasteiger partial charge in [0.25, 0.3) is 5.89 Å². The third-order valence-electron chi connectivity index (χ3n) is 3.95. The lowest BCUT2D eigenvalue weighted by Gasteiger charge is -2.04. The van der Waals surface area contributed by atoms with E-state index in [0.29, 0.717) is 18.5 Å². The van der Waals surface area contributed by atoms with Crippen LogP contribution in [0.1, 0.15) is 36.5 Å². The lowest BCUT2D eigenvalue weighted by molar-refractivity contribution is 0.199. The van der Waals surface area contributed by atoms with Crippen LogP contribution in [-0.2, 0) is 19.5 Å². The van der Waals surface area contributed by atoms with E-state index in [2.05, 4.69) is 33.6 Å². The Morgan fingerprint density at radius 3 is 3.08 bits per heavy atom. The number of rotatable bonds is 6. The minimum atomic E-state index is -0.210. The Morgan fingerprint density at radius 1 is 1.29 bits per heavy atom. The third-order valence-corrected chi connectivity index (χ3v) is 3.95. The summed E-state index contributed by atoms with van der Waals surface area (Å²) in [4.78, 5) is 0. The lowest BCUT2D eigenvalue weighted by atomic mass is 10.1. The highest BCUT2D eigenvalue weighted by Crippen LogP contribution is 2.36. The number of hydrogen-bond donors (Lipinski definition) is 1. The molecule has 1 N–H and O–H groups in total. The molecule has 0 amide bonds. The largest absolute Gasteiger partial charge is 0.480 e. The maximum absolute atomic E-state index is 5.86. The first kappa shape index (κ1) is 14.7. The normalized spacial score (nSPS) is 16.0. The van der Waals surface area contributed by atoms with E-state index in [4.69, 9.17) is 9.15 Å². The summed E-state index contributed by atoms with van der Waals surface area (Å²) < 4.78 is 13.5. The van der Waals surface area contributed by atoms with E-state index in [9.17, 15) is 0 Å². The molecule has 3 heterocycles. The summed E-state index contributed by atoms with van der Waals surface area (Å²) >= 11 is 0. The van der Waals surface area contributed by atoms with Gasteiger partial charge < -0.3 is 14.5 Å². The summed E-state index contributed by atoms with van der Waals surface area (Å²) in [6.45, 7) is 3.64. The van der Waals surface area contributed by atoms with Gasteiger partial charge in [-0.1, -0.05) is 30.2 Å². The summed E-state index contributed by atoms with van der Waals surface area (Å²) in [6, 6.07) is 8.37. The molecule has 4 rings (SSSR count). The monoisotopic (exact) mass is 325 g/mol. The summed E-state index contributed by atoms with van der Waals surface area (Å²) in [5.74, 6) is 1.38. The second-order valence-corrected chi connectivity index (χ2v) is 5.83. The average Bonchev–Trinajstić information content (AvgIpc) is 3.32. The molecular weight excluding hydrogens is 306 g/mol. The van der Waals surface area contributed by atoms with Gasteiger partial charge in [-0.3, -0.25) is 4.68 Å². The van der Waals surface area contributed by atoms with E-state index in [1.165, 1.54) is 5.56 Å². The molecule has 0 fully saturated rings. The third kappa shape index (κ3) is 2.97. The molecule has 0 bridgehead atoms. The van der Waals surface area contributed by atoms with Gasteiger partial charge in [0.2, 0.25) is 0 Å². The van der Waals surface area contributed by atoms with Crippen LogP contribution in [0.5, 0.6) is 5.75 Å². The Kier molecular flexibility index (Phi) is 3.90. The zero-order valence-corrected chi connectivity index (χ0v) is 13.5. The first-order valence-electron chi connectivity index (χ1n) is 8.15. The van der Waals surface area contributed by atoms with Crippen molar-refractivity contribution >= 4 is 6.01 Å². The molecule has 2 aromatic heterocycles. The van der Waals surface area contributed by atoms with Crippen molar-refractivity contribution in [3.8, 4) is 5.75 Å². The predicted octanol–water partition coefficient (Wildman–Crippen LogP) is 2.96. The molecule has 7 nitrogen and oxygen atoms in total. The van der Waals surface area contributed by atoms with Gasteiger partial charge in [-0.2, -0.15) is 5.10 Å². The van der Waals surface area contributed by atoms with Crippen molar-refractivity contribution in [2.24, 2.45) is 0 Å². The number of hydrogen-bond acceptors (Lipinski definition) is 6. The van der Waals surface area contributed by atoms with Crippen molar-refractivity contribution in [1.82, 2.24) is 20.0 Å². The standard InChI is InChI=1S/C17H19N5O2/c1-2-7-22-11-12(10-19-22)9-18-17-21-20-16(24-17)15-8-13-5-3-4-6-14(13)23-15/h3-6,10-11,15H,2,7-9H2,1H3,(H,18,21)/t15-/m1/s1. The molecule has 1 aliphatic rings. The number of nitrogens with one attached hydrogen (secondary N) is 1. The number of ether oxygens (including phenoxy) is 1. The van der Waals surface area contributed by atoms with Crippen molar-refractivity contribution in [2.45, 2.75) is 39.0 Å². The molecule has 0 unspecified atom stereocenters. The van der Waals surface area contributed by atoms with Crippen LogP contribution in [0, 0.1) is 0 Å². The van der Waals surface area contributed by atoms with Crippen LogP contribution >= 0.6 is 0 Å². The number of aryl methyl sites for hydroxylation is 1. The molecule has 24 heavy (non-hydrogen) atoms. The highest BCUT2D eigenvalue weighted by Gasteiger charge is 2.28. The Labute approximate surface area is 139 Å². The van der Waals surface area contributed by atoms with Crippen molar-refractivity contribution < 1.29 is 9.15 Å². The van der Waals surface area contributed by atoms with Crippen LogP contribution in [0.25, 0.3) is 0 Å². The van der Waals surface area contributed by atoms with Crippen LogP contribution in [-0.4, -0.2) is 20.0 Å². The second kappa shape index (κ2) is 6.35. The van der Waals surface area contributed by atoms with E-state index >= 15 is 0 Å². The van der Waals surface area contributed by atoms with Crippen LogP contribution in [0.3, 0.4) is 0 Å². The van der Waals surface area contributed by atoms with Gasteiger partial charge >= 0.3 is 6.01 Å². The molecule has 1 aliphatic heterocycles. The van der Waals surface area contributed by atoms with Crippen molar-refractivity contribution in [1.29, 1.82) is 0 Å². The van der Waals surface area contributed by atoms with Crippen LogP contribution < -0.4 is 10.1 Å². The van der Waals surface area contributed by atoms with Crippen molar-refractivity contribution in [2.75, 3.05) is 5.32 Å². The second-order valence-electron chi connectivity index (χ2n) is 5.83. The van der Waals surface area contributed by atoms with Gasteiger partial charge in [0, 0.05) is 31.3 Å². The van der Waals surface area contributed by atoms with Gasteiger partial charge in [0.05, 0.1) is 6.20 Å². The highest BCUT2D eigenvalue weighted by atomic mass is 16.5. The quantitative estimate of drug-likeness (QED) is 0.751. The zero-order chi connectivity index (χ0) is 16.4. The number of benzene rings is 1. The van der Waals surface area contributed by atoms with Crippen LogP contribution in [0.15, 0.2) is 41.1 Å². The van der Waals surface area contributed by atoms with Crippen LogP contribution in [0.4, 0.5) is 6.01 Å². The summed E-state index contributed by atoms with van der Waals surface area (Å²) in [6.07, 6.45) is 5.46. The zero-order valence-electron chi connectivity index (χ0n) is 13.5. The smallest absolute Gasteiger partial charge is 0.315 e. The van der Waals surface area contributed by atoms with Gasteiger partial charge in [-0.05, 0) is 18.1 Å². The summed E-state index contributed by atoms with van der Waals surface area (Å²) in [5.41, 5.74) is 2.24. The van der Waals surface area contributed by atoms with E-state index in [0.717, 1.165) is 30.7 Å². The SMILES string of the molecule is CCCn1cc(CNc2nnc([C@H]3Cc4ccccc4O3)o2)cn1. The van der Waals surface area contributed by atoms with Crippen molar-refractivity contribution in [3.63, 3.8) is 0 Å². The predicted molar refractivity (Wildman–Crippen MR) is 87.7 cm³/mol. The molecule has 0 radical (unpaired) electrons. The fourth-order valence-corrected chi connectivity index (χ4v) is 2.78. The lowest BCUT2D eigenvalue weighted by Crippen LogP contribution is -2.03. The topological polar surface area (TPSA) is 78.0 Å². The van der Waals surface area contributed by atoms with Gasteiger partial charge in [-0.15, -0.1) is 5.10 Å². The molecule has 3 aromatic rings. The Bertz CT molecular complexity index is 801.